The van der Waals surface area contributed by atoms with Crippen molar-refractivity contribution in [3.05, 3.63) is 58.8 Å². The number of primary amides is 1. The average molecular weight is 395 g/mol. The molecule has 0 unspecified atom stereocenters. The van der Waals surface area contributed by atoms with Crippen molar-refractivity contribution in [1.29, 1.82) is 0 Å². The Morgan fingerprint density at radius 1 is 1.12 bits per heavy atom. The van der Waals surface area contributed by atoms with Gasteiger partial charge < -0.3 is 15.4 Å². The molecule has 2 amide bonds. The molecule has 0 radical (unpaired) electrons. The second-order valence-electron chi connectivity index (χ2n) is 4.96. The molecule has 0 heterocycles. The molecule has 0 fully saturated rings. The molecule has 0 saturated carbocycles. The third kappa shape index (κ3) is 5.06. The molecule has 0 saturated heterocycles. The lowest BCUT2D eigenvalue weighted by molar-refractivity contribution is -0.120. The number of hydrogen-bond acceptors (Lipinski definition) is 3. The summed E-state index contributed by atoms with van der Waals surface area (Å²) in [5, 5.41) is 0. The van der Waals surface area contributed by atoms with Crippen LogP contribution >= 0.6 is 15.9 Å². The van der Waals surface area contributed by atoms with E-state index in [0.717, 1.165) is 4.47 Å². The molecule has 0 atom stereocenters. The van der Waals surface area contributed by atoms with Crippen LogP contribution in [-0.2, 0) is 9.59 Å². The van der Waals surface area contributed by atoms with Gasteiger partial charge in [-0.2, -0.15) is 0 Å². The Kier molecular flexibility index (Phi) is 6.31. The summed E-state index contributed by atoms with van der Waals surface area (Å²) >= 11 is 3.33. The van der Waals surface area contributed by atoms with Crippen molar-refractivity contribution in [1.82, 2.24) is 0 Å². The summed E-state index contributed by atoms with van der Waals surface area (Å²) in [6, 6.07) is 12.6. The Morgan fingerprint density at radius 3 is 2.42 bits per heavy atom. The molecule has 0 aromatic heterocycles. The molecule has 2 rings (SSSR count). The van der Waals surface area contributed by atoms with Crippen LogP contribution < -0.4 is 15.4 Å². The first-order valence-electron chi connectivity index (χ1n) is 7.19. The molecule has 5 nitrogen and oxygen atoms in total. The van der Waals surface area contributed by atoms with Crippen LogP contribution in [0.25, 0.3) is 0 Å². The van der Waals surface area contributed by atoms with Crippen LogP contribution in [0.15, 0.2) is 53.0 Å². The zero-order chi connectivity index (χ0) is 17.5. The summed E-state index contributed by atoms with van der Waals surface area (Å²) in [6.07, 6.45) is -0.00184. The van der Waals surface area contributed by atoms with Crippen molar-refractivity contribution < 1.29 is 18.7 Å². The van der Waals surface area contributed by atoms with E-state index >= 15 is 0 Å². The minimum atomic E-state index is -0.526. The monoisotopic (exact) mass is 394 g/mol. The number of carbonyl (C=O) groups excluding carboxylic acids is 2. The standard InChI is InChI=1S/C17H16BrFN2O3/c18-14-3-1-2-4-15(14)24-11-17(23)21(10-9-16(20)22)13-7-5-12(19)6-8-13/h1-8H,9-11H2,(H2,20,22). The van der Waals surface area contributed by atoms with Gasteiger partial charge in [-0.15, -0.1) is 0 Å². The fourth-order valence-corrected chi connectivity index (χ4v) is 2.42. The van der Waals surface area contributed by atoms with Crippen molar-refractivity contribution in [3.63, 3.8) is 0 Å². The maximum absolute atomic E-state index is 13.1. The number of amides is 2. The second kappa shape index (κ2) is 8.44. The molecule has 0 bridgehead atoms. The number of nitrogens with zero attached hydrogens (tertiary/aromatic N) is 1. The van der Waals surface area contributed by atoms with E-state index in [1.807, 2.05) is 6.07 Å². The lowest BCUT2D eigenvalue weighted by atomic mass is 10.2. The molecule has 126 valence electrons. The Labute approximate surface area is 147 Å². The SMILES string of the molecule is NC(=O)CCN(C(=O)COc1ccccc1Br)c1ccc(F)cc1. The minimum absolute atomic E-state index is 0.00184. The van der Waals surface area contributed by atoms with Crippen molar-refractivity contribution in [2.24, 2.45) is 5.73 Å². The van der Waals surface area contributed by atoms with Gasteiger partial charge >= 0.3 is 0 Å². The van der Waals surface area contributed by atoms with Gasteiger partial charge in [0.25, 0.3) is 5.91 Å². The summed E-state index contributed by atoms with van der Waals surface area (Å²) in [5.41, 5.74) is 5.62. The fraction of sp³-hybridized carbons (Fsp3) is 0.176. The first kappa shape index (κ1) is 17.9. The van der Waals surface area contributed by atoms with Gasteiger partial charge in [-0.05, 0) is 52.3 Å². The predicted molar refractivity (Wildman–Crippen MR) is 92.2 cm³/mol. The molecule has 24 heavy (non-hydrogen) atoms. The quantitative estimate of drug-likeness (QED) is 0.784. The second-order valence-corrected chi connectivity index (χ2v) is 5.81. The van der Waals surface area contributed by atoms with Crippen LogP contribution in [0, 0.1) is 5.82 Å². The zero-order valence-electron chi connectivity index (χ0n) is 12.7. The number of rotatable bonds is 7. The molecule has 2 aromatic rings. The van der Waals surface area contributed by atoms with E-state index in [1.165, 1.54) is 29.2 Å². The highest BCUT2D eigenvalue weighted by Gasteiger charge is 2.17. The number of hydrogen-bond donors (Lipinski definition) is 1. The van der Waals surface area contributed by atoms with E-state index < -0.39 is 11.7 Å². The topological polar surface area (TPSA) is 72.6 Å². The van der Waals surface area contributed by atoms with Crippen LogP contribution in [0.3, 0.4) is 0 Å². The highest BCUT2D eigenvalue weighted by molar-refractivity contribution is 9.10. The van der Waals surface area contributed by atoms with E-state index in [4.69, 9.17) is 10.5 Å². The number of halogens is 2. The van der Waals surface area contributed by atoms with E-state index in [-0.39, 0.29) is 25.5 Å². The van der Waals surface area contributed by atoms with Crippen LogP contribution in [0.5, 0.6) is 5.75 Å². The Balaban J connectivity index is 2.10. The van der Waals surface area contributed by atoms with Gasteiger partial charge in [-0.1, -0.05) is 12.1 Å². The summed E-state index contributed by atoms with van der Waals surface area (Å²) in [7, 11) is 0. The maximum Gasteiger partial charge on any atom is 0.264 e. The first-order chi connectivity index (χ1) is 11.5. The molecule has 2 N–H and O–H groups in total. The highest BCUT2D eigenvalue weighted by atomic mass is 79.9. The van der Waals surface area contributed by atoms with Crippen LogP contribution in [0.2, 0.25) is 0 Å². The lowest BCUT2D eigenvalue weighted by Gasteiger charge is -2.22. The largest absolute Gasteiger partial charge is 0.483 e. The Hall–Kier alpha value is -2.41. The third-order valence-electron chi connectivity index (χ3n) is 3.21. The van der Waals surface area contributed by atoms with Gasteiger partial charge in [0.1, 0.15) is 11.6 Å². The number of benzene rings is 2. The number of anilines is 1. The van der Waals surface area contributed by atoms with E-state index in [9.17, 15) is 14.0 Å². The zero-order valence-corrected chi connectivity index (χ0v) is 14.3. The van der Waals surface area contributed by atoms with Gasteiger partial charge in [-0.25, -0.2) is 4.39 Å². The van der Waals surface area contributed by atoms with Gasteiger partial charge in [0.15, 0.2) is 6.61 Å². The summed E-state index contributed by atoms with van der Waals surface area (Å²) in [5.74, 6) is -0.773. The summed E-state index contributed by atoms with van der Waals surface area (Å²) in [6.45, 7) is -0.127. The number of carbonyl (C=O) groups is 2. The number of para-hydroxylation sites is 1. The average Bonchev–Trinajstić information content (AvgIpc) is 2.55. The van der Waals surface area contributed by atoms with Gasteiger partial charge in [-0.3, -0.25) is 9.59 Å². The molecule has 0 aliphatic carbocycles. The summed E-state index contributed by atoms with van der Waals surface area (Å²) < 4.78 is 19.3. The third-order valence-corrected chi connectivity index (χ3v) is 3.86. The van der Waals surface area contributed by atoms with Gasteiger partial charge in [0.2, 0.25) is 5.91 Å². The van der Waals surface area contributed by atoms with Crippen molar-refractivity contribution >= 4 is 33.4 Å². The molecule has 7 heteroatoms. The van der Waals surface area contributed by atoms with Crippen molar-refractivity contribution in [3.8, 4) is 5.75 Å². The molecule has 0 spiro atoms. The van der Waals surface area contributed by atoms with Gasteiger partial charge in [0, 0.05) is 18.7 Å². The Bertz CT molecular complexity index is 722. The molecule has 0 aliphatic heterocycles. The fourth-order valence-electron chi connectivity index (χ4n) is 2.02. The number of ether oxygens (including phenoxy) is 1. The molecular formula is C17H16BrFN2O3. The highest BCUT2D eigenvalue weighted by Crippen LogP contribution is 2.24. The first-order valence-corrected chi connectivity index (χ1v) is 7.98. The van der Waals surface area contributed by atoms with Gasteiger partial charge in [0.05, 0.1) is 4.47 Å². The molecular weight excluding hydrogens is 379 g/mol. The minimum Gasteiger partial charge on any atom is -0.483 e. The lowest BCUT2D eigenvalue weighted by Crippen LogP contribution is -2.37. The Morgan fingerprint density at radius 2 is 1.79 bits per heavy atom. The van der Waals surface area contributed by atoms with Crippen LogP contribution in [0.1, 0.15) is 6.42 Å². The predicted octanol–water partition coefficient (Wildman–Crippen LogP) is 2.88. The van der Waals surface area contributed by atoms with Crippen LogP contribution in [-0.4, -0.2) is 25.0 Å². The van der Waals surface area contributed by atoms with Crippen molar-refractivity contribution in [2.75, 3.05) is 18.1 Å². The number of nitrogens with two attached hydrogens (primary N) is 1. The smallest absolute Gasteiger partial charge is 0.264 e. The summed E-state index contributed by atoms with van der Waals surface area (Å²) in [4.78, 5) is 24.8. The van der Waals surface area contributed by atoms with E-state index in [2.05, 4.69) is 15.9 Å². The van der Waals surface area contributed by atoms with E-state index in [0.29, 0.717) is 11.4 Å². The van der Waals surface area contributed by atoms with E-state index in [1.54, 1.807) is 18.2 Å². The maximum atomic E-state index is 13.1. The molecule has 0 aliphatic rings. The van der Waals surface area contributed by atoms with Crippen LogP contribution in [0.4, 0.5) is 10.1 Å². The molecule has 2 aromatic carbocycles. The normalized spacial score (nSPS) is 10.2. The van der Waals surface area contributed by atoms with Crippen molar-refractivity contribution in [2.45, 2.75) is 6.42 Å².